The maximum Gasteiger partial charge on any atom is 0.261 e. The summed E-state index contributed by atoms with van der Waals surface area (Å²) < 4.78 is 36.1. The van der Waals surface area contributed by atoms with Crippen molar-refractivity contribution in [1.82, 2.24) is 0 Å². The molecule has 0 unspecified atom stereocenters. The molecular formula is C28H43IrNO5S-2. The third-order valence-electron chi connectivity index (χ3n) is 6.93. The van der Waals surface area contributed by atoms with Gasteiger partial charge in [0.05, 0.1) is 26.2 Å². The molecule has 1 radical (unpaired) electrons. The van der Waals surface area contributed by atoms with Crippen molar-refractivity contribution in [1.29, 1.82) is 0 Å². The Morgan fingerprint density at radius 2 is 1.19 bits per heavy atom. The number of methoxy groups -OCH3 is 2. The van der Waals surface area contributed by atoms with Crippen LogP contribution in [0.25, 0.3) is 0 Å². The second-order valence-corrected chi connectivity index (χ2v) is 10.5. The summed E-state index contributed by atoms with van der Waals surface area (Å²) in [6, 6.07) is 16.4. The molecule has 0 saturated heterocycles. The molecule has 0 spiro atoms. The molecule has 1 N–H and O–H groups in total. The van der Waals surface area contributed by atoms with Gasteiger partial charge in [-0.25, -0.2) is 0 Å². The van der Waals surface area contributed by atoms with Crippen LogP contribution in [0.3, 0.4) is 0 Å². The van der Waals surface area contributed by atoms with E-state index in [1.54, 1.807) is 14.2 Å². The first kappa shape index (κ1) is 36.4. The molecule has 0 amide bonds. The Morgan fingerprint density at radius 1 is 0.833 bits per heavy atom. The van der Waals surface area contributed by atoms with Gasteiger partial charge in [0.15, 0.2) is 0 Å². The van der Waals surface area contributed by atoms with Gasteiger partial charge in [0.2, 0.25) is 0 Å². The smallest absolute Gasteiger partial charge is 0.261 e. The average Bonchev–Trinajstić information content (AvgIpc) is 2.96. The Bertz CT molecular complexity index is 954. The van der Waals surface area contributed by atoms with Crippen LogP contribution in [-0.4, -0.2) is 39.2 Å². The van der Waals surface area contributed by atoms with Gasteiger partial charge in [-0.3, -0.25) is 4.55 Å². The summed E-state index contributed by atoms with van der Waals surface area (Å²) in [7, 11) is -0.378. The first-order valence-electron chi connectivity index (χ1n) is 11.5. The predicted molar refractivity (Wildman–Crippen MR) is 146 cm³/mol. The van der Waals surface area contributed by atoms with Gasteiger partial charge in [0, 0.05) is 25.9 Å². The van der Waals surface area contributed by atoms with E-state index in [4.69, 9.17) is 14.0 Å². The van der Waals surface area contributed by atoms with Crippen molar-refractivity contribution in [2.75, 3.05) is 20.5 Å². The summed E-state index contributed by atoms with van der Waals surface area (Å²) in [4.78, 5) is 4.55. The zero-order valence-electron chi connectivity index (χ0n) is 23.2. The first-order chi connectivity index (χ1) is 15.8. The second kappa shape index (κ2) is 16.9. The van der Waals surface area contributed by atoms with Crippen LogP contribution in [0.2, 0.25) is 0 Å². The summed E-state index contributed by atoms with van der Waals surface area (Å²) in [5, 5.41) is 0. The van der Waals surface area contributed by atoms with Gasteiger partial charge in [-0.15, -0.1) is 29.8 Å². The largest absolute Gasteiger partial charge is 0.540 e. The third-order valence-corrected chi connectivity index (χ3v) is 6.93. The van der Waals surface area contributed by atoms with Crippen LogP contribution in [0, 0.1) is 43.1 Å². The van der Waals surface area contributed by atoms with E-state index < -0.39 is 10.1 Å². The van der Waals surface area contributed by atoms with E-state index in [2.05, 4.69) is 45.7 Å². The number of ether oxygens (including phenoxy) is 2. The van der Waals surface area contributed by atoms with Crippen LogP contribution >= 0.6 is 0 Å². The number of rotatable bonds is 4. The Balaban J connectivity index is 0. The van der Waals surface area contributed by atoms with Crippen LogP contribution in [0.15, 0.2) is 47.5 Å². The van der Waals surface area contributed by atoms with Crippen molar-refractivity contribution in [3.05, 3.63) is 61.5 Å². The van der Waals surface area contributed by atoms with E-state index in [0.717, 1.165) is 58.1 Å². The molecule has 2 aromatic carbocycles. The summed E-state index contributed by atoms with van der Waals surface area (Å²) in [5.74, 6) is 6.30. The van der Waals surface area contributed by atoms with Gasteiger partial charge in [0.25, 0.3) is 10.1 Å². The normalized spacial score (nSPS) is 22.9. The van der Waals surface area contributed by atoms with Gasteiger partial charge in [0.1, 0.15) is 5.75 Å². The summed E-state index contributed by atoms with van der Waals surface area (Å²) in [5.41, 5.74) is 2.76. The number of hydrogen-bond donors (Lipinski definition) is 1. The second-order valence-electron chi connectivity index (χ2n) is 9.07. The zero-order valence-corrected chi connectivity index (χ0v) is 26.4. The molecule has 36 heavy (non-hydrogen) atoms. The fourth-order valence-corrected chi connectivity index (χ4v) is 4.07. The van der Waals surface area contributed by atoms with Crippen LogP contribution in [0.4, 0.5) is 5.69 Å². The van der Waals surface area contributed by atoms with Crippen molar-refractivity contribution in [3.8, 4) is 11.5 Å². The molecule has 0 atom stereocenters. The molecule has 6 nitrogen and oxygen atoms in total. The number of aliphatic imine (C=N–C) groups is 1. The zero-order chi connectivity index (χ0) is 26.1. The maximum absolute atomic E-state index is 9.19. The van der Waals surface area contributed by atoms with Crippen LogP contribution in [0.5, 0.6) is 11.5 Å². The topological polar surface area (TPSA) is 85.2 Å². The summed E-state index contributed by atoms with van der Waals surface area (Å²) in [6.07, 6.45) is 0.715. The summed E-state index contributed by atoms with van der Waals surface area (Å²) in [6.45, 7) is 14.0. The molecule has 0 aliphatic heterocycles. The van der Waals surface area contributed by atoms with E-state index in [9.17, 15) is 8.42 Å². The minimum Gasteiger partial charge on any atom is -0.540 e. The molecule has 1 saturated carbocycles. The van der Waals surface area contributed by atoms with Gasteiger partial charge >= 0.3 is 0 Å². The standard InChI is InChI=1S/C16H16NO2.C10H20.CH4O3S.CH3.Ir/c1-12(13-4-8-15(18-2)9-5-13)17-14-6-10-16(19-3)11-7-14;1-6-7(2)9(4)10(5)8(6)3;1-5(2,3)4;;/h4,6-11H,1-3H3;6-10H,1-5H3;1H3,(H,2,3,4);1H3;/q-1;;;-1;. The van der Waals surface area contributed by atoms with Crippen LogP contribution < -0.4 is 9.47 Å². The fourth-order valence-electron chi connectivity index (χ4n) is 4.07. The molecule has 1 aliphatic rings. The number of hydrogen-bond acceptors (Lipinski definition) is 5. The Hall–Kier alpha value is -1.73. The summed E-state index contributed by atoms with van der Waals surface area (Å²) >= 11 is 0. The molecule has 1 aliphatic carbocycles. The maximum atomic E-state index is 9.19. The van der Waals surface area contributed by atoms with Crippen molar-refractivity contribution in [3.63, 3.8) is 0 Å². The Labute approximate surface area is 233 Å². The molecule has 207 valence electrons. The molecule has 1 fully saturated rings. The number of benzene rings is 2. The van der Waals surface area contributed by atoms with Gasteiger partial charge in [-0.1, -0.05) is 41.5 Å². The van der Waals surface area contributed by atoms with E-state index in [1.807, 2.05) is 49.4 Å². The monoisotopic (exact) mass is 698 g/mol. The van der Waals surface area contributed by atoms with Crippen molar-refractivity contribution < 1.29 is 42.5 Å². The molecule has 0 bridgehead atoms. The third kappa shape index (κ3) is 12.5. The predicted octanol–water partition coefficient (Wildman–Crippen LogP) is 6.78. The molecule has 0 heterocycles. The van der Waals surface area contributed by atoms with Gasteiger partial charge < -0.3 is 21.9 Å². The van der Waals surface area contributed by atoms with Gasteiger partial charge in [-0.2, -0.15) is 8.42 Å². The number of nitrogens with zero attached hydrogens (tertiary/aromatic N) is 1. The van der Waals surface area contributed by atoms with Gasteiger partial charge in [-0.05, 0) is 59.6 Å². The van der Waals surface area contributed by atoms with Crippen LogP contribution in [0.1, 0.15) is 47.1 Å². The molecule has 0 aromatic heterocycles. The van der Waals surface area contributed by atoms with Crippen molar-refractivity contribution in [2.45, 2.75) is 41.5 Å². The minimum atomic E-state index is -3.67. The molecule has 8 heteroatoms. The van der Waals surface area contributed by atoms with E-state index >= 15 is 0 Å². The van der Waals surface area contributed by atoms with Crippen molar-refractivity contribution in [2.24, 2.45) is 34.6 Å². The van der Waals surface area contributed by atoms with E-state index in [1.165, 1.54) is 0 Å². The van der Waals surface area contributed by atoms with E-state index in [-0.39, 0.29) is 27.5 Å². The molecule has 3 rings (SSSR count). The minimum absolute atomic E-state index is 0. The fraction of sp³-hybridized carbons (Fsp3) is 0.500. The van der Waals surface area contributed by atoms with E-state index in [0.29, 0.717) is 6.26 Å². The molecular weight excluding hydrogens is 655 g/mol. The Kier molecular flexibility index (Phi) is 17.1. The molecule has 2 aromatic rings. The Morgan fingerprint density at radius 3 is 1.50 bits per heavy atom. The average molecular weight is 698 g/mol. The van der Waals surface area contributed by atoms with Crippen molar-refractivity contribution >= 4 is 21.5 Å². The van der Waals surface area contributed by atoms with Crippen LogP contribution in [-0.2, 0) is 30.2 Å². The first-order valence-corrected chi connectivity index (χ1v) is 13.3. The SMILES string of the molecule is CC1C(C)C(C)C(C)C1C.COc1c[c-]c(C(C)=Nc2ccc(OC)cc2)cc1.CS(=O)(=O)O.[CH3-].[Ir]. The quantitative estimate of drug-likeness (QED) is 0.217.